The van der Waals surface area contributed by atoms with Gasteiger partial charge in [0.05, 0.1) is 5.69 Å². The van der Waals surface area contributed by atoms with Crippen LogP contribution in [0.2, 0.25) is 5.15 Å². The third kappa shape index (κ3) is 2.23. The van der Waals surface area contributed by atoms with Gasteiger partial charge in [0.2, 0.25) is 0 Å². The fourth-order valence-electron chi connectivity index (χ4n) is 2.02. The Morgan fingerprint density at radius 3 is 2.75 bits per heavy atom. The van der Waals surface area contributed by atoms with Gasteiger partial charge in [0.1, 0.15) is 0 Å². The van der Waals surface area contributed by atoms with Gasteiger partial charge in [0.25, 0.3) is 0 Å². The minimum atomic E-state index is 0.369. The summed E-state index contributed by atoms with van der Waals surface area (Å²) in [6.45, 7) is 3.91. The number of fused-ring (bicyclic) bond motifs is 1. The molecular weight excluding hydrogens is 454 g/mol. The number of aromatic nitrogens is 4. The van der Waals surface area contributed by atoms with Crippen molar-refractivity contribution in [1.29, 1.82) is 0 Å². The predicted octanol–water partition coefficient (Wildman–Crippen LogP) is 4.43. The molecule has 0 aliphatic rings. The molecule has 3 aromatic rings. The number of halogens is 3. The maximum Gasteiger partial charge on any atom is 0.199 e. The zero-order valence-electron chi connectivity index (χ0n) is 10.7. The molecule has 7 heteroatoms. The number of hydrogen-bond donors (Lipinski definition) is 0. The highest BCUT2D eigenvalue weighted by molar-refractivity contribution is 14.1. The minimum absolute atomic E-state index is 0.369. The third-order valence-corrected chi connectivity index (χ3v) is 4.76. The molecule has 0 saturated carbocycles. The third-order valence-electron chi connectivity index (χ3n) is 3.14. The van der Waals surface area contributed by atoms with Gasteiger partial charge in [-0.05, 0) is 54.6 Å². The van der Waals surface area contributed by atoms with Gasteiger partial charge in [-0.25, -0.2) is 4.98 Å². The van der Waals surface area contributed by atoms with Gasteiger partial charge in [0, 0.05) is 19.3 Å². The van der Waals surface area contributed by atoms with Crippen LogP contribution in [0.25, 0.3) is 17.0 Å². The minimum Gasteiger partial charge on any atom is -0.275 e. The number of nitrogens with zero attached hydrogens (tertiary/aromatic N) is 4. The number of benzene rings is 1. The normalized spacial score (nSPS) is 11.2. The van der Waals surface area contributed by atoms with Gasteiger partial charge < -0.3 is 0 Å². The molecule has 2 heterocycles. The molecule has 0 unspecified atom stereocenters. The van der Waals surface area contributed by atoms with Crippen molar-refractivity contribution in [3.8, 4) is 11.4 Å². The lowest BCUT2D eigenvalue weighted by molar-refractivity contribution is 0.999. The van der Waals surface area contributed by atoms with Crippen molar-refractivity contribution in [1.82, 2.24) is 19.6 Å². The quantitative estimate of drug-likeness (QED) is 0.502. The van der Waals surface area contributed by atoms with Crippen molar-refractivity contribution < 1.29 is 0 Å². The molecule has 0 spiro atoms. The van der Waals surface area contributed by atoms with Crippen LogP contribution in [0.5, 0.6) is 0 Å². The van der Waals surface area contributed by atoms with Crippen molar-refractivity contribution >= 4 is 55.8 Å². The summed E-state index contributed by atoms with van der Waals surface area (Å²) in [5.41, 5.74) is 3.41. The van der Waals surface area contributed by atoms with Gasteiger partial charge in [-0.2, -0.15) is 0 Å². The molecule has 4 nitrogen and oxygen atoms in total. The van der Waals surface area contributed by atoms with Crippen LogP contribution in [0.15, 0.2) is 22.7 Å². The number of hydrogen-bond acceptors (Lipinski definition) is 3. The summed E-state index contributed by atoms with van der Waals surface area (Å²) in [4.78, 5) is 4.28. The molecule has 0 saturated heterocycles. The molecule has 0 amide bonds. The van der Waals surface area contributed by atoms with E-state index in [9.17, 15) is 0 Å². The van der Waals surface area contributed by atoms with Crippen LogP contribution in [0.3, 0.4) is 0 Å². The Morgan fingerprint density at radius 2 is 2.00 bits per heavy atom. The van der Waals surface area contributed by atoms with Gasteiger partial charge in [-0.15, -0.1) is 10.2 Å². The molecule has 0 bridgehead atoms. The first-order chi connectivity index (χ1) is 9.49. The van der Waals surface area contributed by atoms with E-state index in [1.165, 1.54) is 0 Å². The van der Waals surface area contributed by atoms with Crippen LogP contribution in [0, 0.1) is 17.4 Å². The first-order valence-corrected chi connectivity index (χ1v) is 8.07. The second-order valence-corrected chi connectivity index (χ2v) is 6.84. The number of rotatable bonds is 1. The van der Waals surface area contributed by atoms with Gasteiger partial charge >= 0.3 is 0 Å². The Hall–Kier alpha value is -0.730. The second-order valence-electron chi connectivity index (χ2n) is 4.38. The highest BCUT2D eigenvalue weighted by Crippen LogP contribution is 2.31. The zero-order chi connectivity index (χ0) is 14.4. The molecule has 3 rings (SSSR count). The van der Waals surface area contributed by atoms with E-state index in [-0.39, 0.29) is 0 Å². The van der Waals surface area contributed by atoms with Crippen LogP contribution >= 0.6 is 50.1 Å². The first-order valence-electron chi connectivity index (χ1n) is 5.82. The van der Waals surface area contributed by atoms with E-state index in [1.807, 2.05) is 30.4 Å². The molecule has 102 valence electrons. The summed E-state index contributed by atoms with van der Waals surface area (Å²) in [5.74, 6) is 0.760. The van der Waals surface area contributed by atoms with Crippen molar-refractivity contribution in [2.45, 2.75) is 13.8 Å². The van der Waals surface area contributed by atoms with E-state index in [0.717, 1.165) is 30.8 Å². The Labute approximate surface area is 142 Å². The molecule has 0 atom stereocenters. The molecule has 2 aromatic heterocycles. The Bertz CT molecular complexity index is 831. The predicted molar refractivity (Wildman–Crippen MR) is 91.1 cm³/mol. The van der Waals surface area contributed by atoms with Crippen LogP contribution < -0.4 is 0 Å². The lowest BCUT2D eigenvalue weighted by atomic mass is 10.2. The maximum absolute atomic E-state index is 6.16. The fourth-order valence-corrected chi connectivity index (χ4v) is 3.18. The Kier molecular flexibility index (Phi) is 3.72. The fraction of sp³-hybridized carbons (Fsp3) is 0.154. The van der Waals surface area contributed by atoms with E-state index < -0.39 is 0 Å². The smallest absolute Gasteiger partial charge is 0.199 e. The van der Waals surface area contributed by atoms with Gasteiger partial charge in [-0.3, -0.25) is 4.40 Å². The zero-order valence-corrected chi connectivity index (χ0v) is 15.2. The summed E-state index contributed by atoms with van der Waals surface area (Å²) in [7, 11) is 0. The van der Waals surface area contributed by atoms with Crippen LogP contribution in [0.4, 0.5) is 0 Å². The molecular formula is C13H9BrClIN4. The molecule has 1 aromatic carbocycles. The topological polar surface area (TPSA) is 43.1 Å². The average molecular weight is 464 g/mol. The van der Waals surface area contributed by atoms with Crippen molar-refractivity contribution in [2.75, 3.05) is 0 Å². The summed E-state index contributed by atoms with van der Waals surface area (Å²) in [6, 6.07) is 6.09. The molecule has 0 N–H and O–H groups in total. The monoisotopic (exact) mass is 462 g/mol. The van der Waals surface area contributed by atoms with E-state index in [0.29, 0.717) is 10.8 Å². The van der Waals surface area contributed by atoms with E-state index in [1.54, 1.807) is 0 Å². The highest BCUT2D eigenvalue weighted by Gasteiger charge is 2.17. The lowest BCUT2D eigenvalue weighted by Gasteiger charge is -2.08. The summed E-state index contributed by atoms with van der Waals surface area (Å²) >= 11 is 12.0. The van der Waals surface area contributed by atoms with E-state index in [4.69, 9.17) is 11.6 Å². The van der Waals surface area contributed by atoms with Crippen molar-refractivity contribution in [3.63, 3.8) is 0 Å². The van der Waals surface area contributed by atoms with Crippen molar-refractivity contribution in [3.05, 3.63) is 42.8 Å². The van der Waals surface area contributed by atoms with Crippen LogP contribution in [0.1, 0.15) is 11.4 Å². The van der Waals surface area contributed by atoms with Crippen LogP contribution in [-0.4, -0.2) is 19.6 Å². The molecule has 0 aliphatic heterocycles. The van der Waals surface area contributed by atoms with E-state index in [2.05, 4.69) is 59.8 Å². The second kappa shape index (κ2) is 5.23. The van der Waals surface area contributed by atoms with Gasteiger partial charge in [0.15, 0.2) is 16.6 Å². The summed E-state index contributed by atoms with van der Waals surface area (Å²) in [6.07, 6.45) is 0. The molecule has 0 radical (unpaired) electrons. The molecule has 0 fully saturated rings. The van der Waals surface area contributed by atoms with Crippen molar-refractivity contribution in [2.24, 2.45) is 0 Å². The Balaban J connectivity index is 2.41. The molecule has 20 heavy (non-hydrogen) atoms. The molecule has 0 aliphatic carbocycles. The summed E-state index contributed by atoms with van der Waals surface area (Å²) in [5, 5.41) is 8.82. The lowest BCUT2D eigenvalue weighted by Crippen LogP contribution is -2.01. The van der Waals surface area contributed by atoms with Crippen LogP contribution in [-0.2, 0) is 0 Å². The number of aryl methyl sites for hydroxylation is 2. The summed E-state index contributed by atoms with van der Waals surface area (Å²) < 4.78 is 4.05. The Morgan fingerprint density at radius 1 is 1.25 bits per heavy atom. The standard InChI is InChI=1S/C13H9BrClIN4/c1-6-7(2)20-12(18-19-13(20)11(15)17-6)9-5-8(16)3-4-10(9)14/h3-5H,1-2H3. The largest absolute Gasteiger partial charge is 0.275 e. The first kappa shape index (κ1) is 14.2. The average Bonchev–Trinajstić information content (AvgIpc) is 2.84. The maximum atomic E-state index is 6.16. The SMILES string of the molecule is Cc1nc(Cl)c2nnc(-c3cc(I)ccc3Br)n2c1C. The van der Waals surface area contributed by atoms with Gasteiger partial charge in [-0.1, -0.05) is 27.5 Å². The van der Waals surface area contributed by atoms with E-state index >= 15 is 0 Å². The highest BCUT2D eigenvalue weighted by atomic mass is 127.